The topological polar surface area (TPSA) is 66.9 Å². The Labute approximate surface area is 181 Å². The molecule has 5 nitrogen and oxygen atoms in total. The third-order valence-electron chi connectivity index (χ3n) is 6.28. The highest BCUT2D eigenvalue weighted by atomic mass is 32.1. The SMILES string of the molecule is CC1CCC(Nc2ncncc2C(=O)c2cc(C3NCCc4ccccc43)cs2)C1. The summed E-state index contributed by atoms with van der Waals surface area (Å²) in [4.78, 5) is 22.6. The van der Waals surface area contributed by atoms with Crippen LogP contribution in [0.2, 0.25) is 0 Å². The molecule has 3 atom stereocenters. The van der Waals surface area contributed by atoms with Gasteiger partial charge in [0.05, 0.1) is 16.5 Å². The molecule has 5 rings (SSSR count). The Balaban J connectivity index is 1.39. The Morgan fingerprint density at radius 1 is 1.27 bits per heavy atom. The van der Waals surface area contributed by atoms with E-state index in [0.29, 0.717) is 23.3 Å². The lowest BCUT2D eigenvalue weighted by Gasteiger charge is -2.26. The van der Waals surface area contributed by atoms with Gasteiger partial charge in [-0.05, 0) is 59.7 Å². The molecule has 3 heterocycles. The molecule has 0 spiro atoms. The first kappa shape index (κ1) is 19.4. The van der Waals surface area contributed by atoms with Crippen molar-refractivity contribution in [2.45, 2.75) is 44.7 Å². The molecule has 0 bridgehead atoms. The van der Waals surface area contributed by atoms with Crippen molar-refractivity contribution in [3.05, 3.63) is 75.4 Å². The van der Waals surface area contributed by atoms with Crippen LogP contribution in [0.5, 0.6) is 0 Å². The van der Waals surface area contributed by atoms with Crippen molar-refractivity contribution >= 4 is 22.9 Å². The Kier molecular flexibility index (Phi) is 5.35. The van der Waals surface area contributed by atoms with Crippen molar-refractivity contribution in [3.8, 4) is 0 Å². The average Bonchev–Trinajstić information content (AvgIpc) is 3.42. The molecule has 1 aliphatic carbocycles. The number of anilines is 1. The van der Waals surface area contributed by atoms with Crippen LogP contribution in [-0.4, -0.2) is 28.3 Å². The molecule has 0 radical (unpaired) electrons. The van der Waals surface area contributed by atoms with Crippen LogP contribution in [0.4, 0.5) is 5.82 Å². The summed E-state index contributed by atoms with van der Waals surface area (Å²) in [6, 6.07) is 11.1. The van der Waals surface area contributed by atoms with Crippen LogP contribution in [0.25, 0.3) is 0 Å². The maximum atomic E-state index is 13.3. The van der Waals surface area contributed by atoms with Gasteiger partial charge in [-0.1, -0.05) is 31.2 Å². The molecule has 3 unspecified atom stereocenters. The zero-order valence-corrected chi connectivity index (χ0v) is 17.9. The summed E-state index contributed by atoms with van der Waals surface area (Å²) in [5.41, 5.74) is 4.39. The Hall–Kier alpha value is -2.57. The maximum Gasteiger partial charge on any atom is 0.208 e. The number of nitrogens with zero attached hydrogens (tertiary/aromatic N) is 2. The van der Waals surface area contributed by atoms with E-state index in [1.165, 1.54) is 35.2 Å². The number of nitrogens with one attached hydrogen (secondary N) is 2. The van der Waals surface area contributed by atoms with Gasteiger partial charge >= 0.3 is 0 Å². The molecule has 1 aliphatic heterocycles. The number of hydrogen-bond acceptors (Lipinski definition) is 6. The third-order valence-corrected chi connectivity index (χ3v) is 7.23. The van der Waals surface area contributed by atoms with E-state index in [0.717, 1.165) is 36.2 Å². The lowest BCUT2D eigenvalue weighted by Crippen LogP contribution is -2.30. The van der Waals surface area contributed by atoms with Gasteiger partial charge in [-0.15, -0.1) is 11.3 Å². The van der Waals surface area contributed by atoms with Crippen LogP contribution >= 0.6 is 11.3 Å². The summed E-state index contributed by atoms with van der Waals surface area (Å²) in [6.45, 7) is 3.22. The number of benzene rings is 1. The maximum absolute atomic E-state index is 13.3. The van der Waals surface area contributed by atoms with E-state index in [4.69, 9.17) is 0 Å². The molecule has 154 valence electrons. The fourth-order valence-electron chi connectivity index (χ4n) is 4.70. The molecule has 3 aromatic rings. The van der Waals surface area contributed by atoms with Gasteiger partial charge in [-0.2, -0.15) is 0 Å². The first-order valence-electron chi connectivity index (χ1n) is 10.7. The Morgan fingerprint density at radius 2 is 2.17 bits per heavy atom. The van der Waals surface area contributed by atoms with Crippen LogP contribution < -0.4 is 10.6 Å². The number of ketones is 1. The van der Waals surface area contributed by atoms with Gasteiger partial charge in [0.15, 0.2) is 0 Å². The van der Waals surface area contributed by atoms with Crippen LogP contribution in [0.3, 0.4) is 0 Å². The molecule has 6 heteroatoms. The normalized spacial score (nSPS) is 23.2. The minimum absolute atomic E-state index is 0.00973. The van der Waals surface area contributed by atoms with E-state index in [-0.39, 0.29) is 11.8 Å². The number of carbonyl (C=O) groups is 1. The minimum atomic E-state index is -0.00973. The summed E-state index contributed by atoms with van der Waals surface area (Å²) in [5, 5.41) is 9.20. The second-order valence-electron chi connectivity index (χ2n) is 8.45. The molecular formula is C24H26N4OS. The van der Waals surface area contributed by atoms with Crippen molar-refractivity contribution in [2.75, 3.05) is 11.9 Å². The van der Waals surface area contributed by atoms with Crippen molar-refractivity contribution in [1.82, 2.24) is 15.3 Å². The van der Waals surface area contributed by atoms with E-state index >= 15 is 0 Å². The van der Waals surface area contributed by atoms with E-state index in [2.05, 4.69) is 57.2 Å². The molecule has 2 aromatic heterocycles. The van der Waals surface area contributed by atoms with Gasteiger partial charge in [0.25, 0.3) is 0 Å². The lowest BCUT2D eigenvalue weighted by molar-refractivity contribution is 0.104. The molecule has 2 aliphatic rings. The summed E-state index contributed by atoms with van der Waals surface area (Å²) < 4.78 is 0. The monoisotopic (exact) mass is 418 g/mol. The fourth-order valence-corrected chi connectivity index (χ4v) is 5.59. The molecule has 30 heavy (non-hydrogen) atoms. The molecule has 1 fully saturated rings. The number of hydrogen-bond donors (Lipinski definition) is 2. The summed E-state index contributed by atoms with van der Waals surface area (Å²) in [5.74, 6) is 1.36. The van der Waals surface area contributed by atoms with E-state index in [1.54, 1.807) is 6.20 Å². The van der Waals surface area contributed by atoms with Crippen LogP contribution in [0.1, 0.15) is 64.2 Å². The van der Waals surface area contributed by atoms with Crippen LogP contribution in [0, 0.1) is 5.92 Å². The predicted molar refractivity (Wildman–Crippen MR) is 120 cm³/mol. The van der Waals surface area contributed by atoms with Crippen molar-refractivity contribution in [1.29, 1.82) is 0 Å². The Bertz CT molecular complexity index is 1060. The van der Waals surface area contributed by atoms with E-state index in [9.17, 15) is 4.79 Å². The summed E-state index contributed by atoms with van der Waals surface area (Å²) >= 11 is 1.50. The highest BCUT2D eigenvalue weighted by Crippen LogP contribution is 2.33. The van der Waals surface area contributed by atoms with Gasteiger partial charge in [0.2, 0.25) is 5.78 Å². The smallest absolute Gasteiger partial charge is 0.208 e. The van der Waals surface area contributed by atoms with Crippen LogP contribution in [0.15, 0.2) is 48.2 Å². The summed E-state index contributed by atoms with van der Waals surface area (Å²) in [6.07, 6.45) is 7.65. The second kappa shape index (κ2) is 8.28. The third kappa shape index (κ3) is 3.77. The second-order valence-corrected chi connectivity index (χ2v) is 9.37. The molecule has 2 N–H and O–H groups in total. The average molecular weight is 419 g/mol. The Morgan fingerprint density at radius 3 is 3.03 bits per heavy atom. The molecule has 0 amide bonds. The number of rotatable bonds is 5. The van der Waals surface area contributed by atoms with Crippen molar-refractivity contribution in [2.24, 2.45) is 5.92 Å². The predicted octanol–water partition coefficient (Wildman–Crippen LogP) is 4.60. The summed E-state index contributed by atoms with van der Waals surface area (Å²) in [7, 11) is 0. The highest BCUT2D eigenvalue weighted by molar-refractivity contribution is 7.12. The van der Waals surface area contributed by atoms with Crippen LogP contribution in [-0.2, 0) is 6.42 Å². The molecular weight excluding hydrogens is 392 g/mol. The minimum Gasteiger partial charge on any atom is -0.367 e. The quantitative estimate of drug-likeness (QED) is 0.593. The number of thiophene rings is 1. The number of carbonyl (C=O) groups excluding carboxylic acids is 1. The first-order chi connectivity index (χ1) is 14.7. The first-order valence-corrected chi connectivity index (χ1v) is 11.6. The van der Waals surface area contributed by atoms with Gasteiger partial charge in [0, 0.05) is 18.8 Å². The van der Waals surface area contributed by atoms with Gasteiger partial charge in [0.1, 0.15) is 12.1 Å². The number of fused-ring (bicyclic) bond motifs is 1. The van der Waals surface area contributed by atoms with Gasteiger partial charge in [-0.3, -0.25) is 4.79 Å². The van der Waals surface area contributed by atoms with E-state index < -0.39 is 0 Å². The van der Waals surface area contributed by atoms with Crippen molar-refractivity contribution < 1.29 is 4.79 Å². The lowest BCUT2D eigenvalue weighted by atomic mass is 9.91. The molecule has 1 saturated carbocycles. The van der Waals surface area contributed by atoms with Crippen molar-refractivity contribution in [3.63, 3.8) is 0 Å². The fraction of sp³-hybridized carbons (Fsp3) is 0.375. The molecule has 0 saturated heterocycles. The highest BCUT2D eigenvalue weighted by Gasteiger charge is 2.26. The van der Waals surface area contributed by atoms with Gasteiger partial charge < -0.3 is 10.6 Å². The number of aromatic nitrogens is 2. The van der Waals surface area contributed by atoms with Gasteiger partial charge in [-0.25, -0.2) is 9.97 Å². The zero-order chi connectivity index (χ0) is 20.5. The molecule has 1 aromatic carbocycles. The standard InChI is InChI=1S/C24H26N4OS/c1-15-6-7-18(10-15)28-24-20(12-25-14-27-24)23(29)21-11-17(13-30-21)22-19-5-3-2-4-16(19)8-9-26-22/h2-5,11-15,18,22,26H,6-10H2,1H3,(H,25,27,28). The zero-order valence-electron chi connectivity index (χ0n) is 17.1. The van der Waals surface area contributed by atoms with E-state index in [1.807, 2.05) is 6.07 Å². The largest absolute Gasteiger partial charge is 0.367 e.